The molecule has 24 heavy (non-hydrogen) atoms. The third kappa shape index (κ3) is 3.41. The van der Waals surface area contributed by atoms with Crippen LogP contribution in [-0.2, 0) is 0 Å². The van der Waals surface area contributed by atoms with E-state index in [4.69, 9.17) is 34.8 Å². The molecule has 0 aliphatic rings. The predicted molar refractivity (Wildman–Crippen MR) is 98.2 cm³/mol. The molecule has 0 aliphatic heterocycles. The van der Waals surface area contributed by atoms with Crippen molar-refractivity contribution in [3.8, 4) is 11.3 Å². The van der Waals surface area contributed by atoms with Gasteiger partial charge in [-0.25, -0.2) is 0 Å². The highest BCUT2D eigenvalue weighted by molar-refractivity contribution is 6.42. The number of benzene rings is 2. The van der Waals surface area contributed by atoms with E-state index in [1.807, 2.05) is 19.1 Å². The minimum atomic E-state index is -0.298. The molecule has 4 nitrogen and oxygen atoms in total. The average molecular weight is 381 g/mol. The van der Waals surface area contributed by atoms with Gasteiger partial charge in [0.2, 0.25) is 0 Å². The molecule has 0 atom stereocenters. The van der Waals surface area contributed by atoms with E-state index in [-0.39, 0.29) is 5.91 Å². The number of halogens is 3. The third-order valence-electron chi connectivity index (χ3n) is 3.49. The molecular formula is C17H12Cl3N3O. The number of aryl methyl sites for hydroxylation is 1. The first kappa shape index (κ1) is 16.8. The zero-order chi connectivity index (χ0) is 17.3. The maximum absolute atomic E-state index is 12.5. The number of anilines is 1. The zero-order valence-electron chi connectivity index (χ0n) is 12.5. The number of H-pyrrole nitrogens is 1. The number of hydrogen-bond acceptors (Lipinski definition) is 2. The number of carbonyl (C=O) groups excluding carboxylic acids is 1. The van der Waals surface area contributed by atoms with Crippen molar-refractivity contribution in [3.05, 3.63) is 68.8 Å². The first-order valence-corrected chi connectivity index (χ1v) is 8.16. The van der Waals surface area contributed by atoms with Gasteiger partial charge >= 0.3 is 0 Å². The second-order valence-electron chi connectivity index (χ2n) is 5.16. The van der Waals surface area contributed by atoms with Gasteiger partial charge in [-0.05, 0) is 37.3 Å². The maximum atomic E-state index is 12.5. The fraction of sp³-hybridized carbons (Fsp3) is 0.0588. The van der Waals surface area contributed by atoms with Gasteiger partial charge < -0.3 is 5.32 Å². The molecule has 1 aromatic heterocycles. The Morgan fingerprint density at radius 3 is 2.42 bits per heavy atom. The first-order valence-electron chi connectivity index (χ1n) is 7.03. The van der Waals surface area contributed by atoms with Gasteiger partial charge in [-0.1, -0.05) is 46.9 Å². The van der Waals surface area contributed by atoms with Crippen molar-refractivity contribution in [3.63, 3.8) is 0 Å². The van der Waals surface area contributed by atoms with Crippen molar-refractivity contribution in [2.75, 3.05) is 5.32 Å². The van der Waals surface area contributed by atoms with Crippen molar-refractivity contribution < 1.29 is 4.79 Å². The molecule has 2 aromatic carbocycles. The minimum Gasteiger partial charge on any atom is -0.319 e. The summed E-state index contributed by atoms with van der Waals surface area (Å²) in [7, 11) is 0. The molecule has 0 saturated heterocycles. The molecule has 2 N–H and O–H groups in total. The fourth-order valence-electron chi connectivity index (χ4n) is 2.22. The van der Waals surface area contributed by atoms with Gasteiger partial charge in [0, 0.05) is 16.1 Å². The van der Waals surface area contributed by atoms with Gasteiger partial charge in [-0.15, -0.1) is 0 Å². The summed E-state index contributed by atoms with van der Waals surface area (Å²) in [6.07, 6.45) is 0. The maximum Gasteiger partial charge on any atom is 0.255 e. The highest BCUT2D eigenvalue weighted by atomic mass is 35.5. The number of hydrogen-bond donors (Lipinski definition) is 2. The molecule has 3 aromatic rings. The Morgan fingerprint density at radius 1 is 1.04 bits per heavy atom. The second kappa shape index (κ2) is 6.85. The summed E-state index contributed by atoms with van der Waals surface area (Å²) >= 11 is 17.8. The normalized spacial score (nSPS) is 10.7. The molecular weight excluding hydrogens is 369 g/mol. The van der Waals surface area contributed by atoms with Crippen LogP contribution in [0.1, 0.15) is 16.1 Å². The van der Waals surface area contributed by atoms with Crippen LogP contribution >= 0.6 is 34.8 Å². The lowest BCUT2D eigenvalue weighted by Gasteiger charge is -2.08. The van der Waals surface area contributed by atoms with Gasteiger partial charge in [0.1, 0.15) is 5.69 Å². The number of aromatic nitrogens is 2. The van der Waals surface area contributed by atoms with Crippen molar-refractivity contribution in [2.24, 2.45) is 0 Å². The van der Waals surface area contributed by atoms with E-state index in [9.17, 15) is 4.79 Å². The van der Waals surface area contributed by atoms with Crippen molar-refractivity contribution in [1.29, 1.82) is 0 Å². The standard InChI is InChI=1S/C17H12Cl3N3O/c1-9-15(16(23-22-9)10-2-5-12(18)6-3-10)21-17(24)11-4-7-13(19)14(20)8-11/h2-8H,1H3,(H,21,24)(H,22,23). The number of rotatable bonds is 3. The van der Waals surface area contributed by atoms with Crippen LogP contribution in [0.5, 0.6) is 0 Å². The average Bonchev–Trinajstić information content (AvgIpc) is 2.92. The van der Waals surface area contributed by atoms with Crippen LogP contribution in [0.25, 0.3) is 11.3 Å². The van der Waals surface area contributed by atoms with E-state index >= 15 is 0 Å². The highest BCUT2D eigenvalue weighted by Crippen LogP contribution is 2.30. The minimum absolute atomic E-state index is 0.298. The Balaban J connectivity index is 1.92. The lowest BCUT2D eigenvalue weighted by Crippen LogP contribution is -2.12. The Hall–Kier alpha value is -2.01. The Kier molecular flexibility index (Phi) is 4.81. The number of aromatic amines is 1. The van der Waals surface area contributed by atoms with Gasteiger partial charge in [-0.2, -0.15) is 5.10 Å². The molecule has 1 heterocycles. The largest absolute Gasteiger partial charge is 0.319 e. The van der Waals surface area contributed by atoms with Crippen molar-refractivity contribution in [1.82, 2.24) is 10.2 Å². The lowest BCUT2D eigenvalue weighted by atomic mass is 10.1. The molecule has 7 heteroatoms. The second-order valence-corrected chi connectivity index (χ2v) is 6.41. The van der Waals surface area contributed by atoms with Crippen molar-refractivity contribution >= 4 is 46.4 Å². The summed E-state index contributed by atoms with van der Waals surface area (Å²) in [5.74, 6) is -0.298. The Morgan fingerprint density at radius 2 is 1.75 bits per heavy atom. The molecule has 3 rings (SSSR count). The summed E-state index contributed by atoms with van der Waals surface area (Å²) in [6.45, 7) is 1.83. The molecule has 1 amide bonds. The topological polar surface area (TPSA) is 57.8 Å². The molecule has 0 bridgehead atoms. The highest BCUT2D eigenvalue weighted by Gasteiger charge is 2.16. The monoisotopic (exact) mass is 379 g/mol. The molecule has 0 fully saturated rings. The zero-order valence-corrected chi connectivity index (χ0v) is 14.8. The Bertz CT molecular complexity index is 904. The van der Waals surface area contributed by atoms with Gasteiger partial charge in [0.15, 0.2) is 0 Å². The summed E-state index contributed by atoms with van der Waals surface area (Å²) in [5, 5.41) is 11.4. The smallest absolute Gasteiger partial charge is 0.255 e. The van der Waals surface area contributed by atoms with E-state index in [1.165, 1.54) is 6.07 Å². The molecule has 0 aliphatic carbocycles. The lowest BCUT2D eigenvalue weighted by molar-refractivity contribution is 0.102. The van der Waals surface area contributed by atoms with Crippen LogP contribution in [0.4, 0.5) is 5.69 Å². The SMILES string of the molecule is Cc1[nH]nc(-c2ccc(Cl)cc2)c1NC(=O)c1ccc(Cl)c(Cl)c1. The number of amides is 1. The van der Waals surface area contributed by atoms with E-state index in [0.717, 1.165) is 11.3 Å². The van der Waals surface area contributed by atoms with E-state index in [0.29, 0.717) is 32.0 Å². The summed E-state index contributed by atoms with van der Waals surface area (Å²) in [5.41, 5.74) is 3.24. The first-order chi connectivity index (χ1) is 11.5. The van der Waals surface area contributed by atoms with Crippen LogP contribution in [0.15, 0.2) is 42.5 Å². The summed E-state index contributed by atoms with van der Waals surface area (Å²) in [4.78, 5) is 12.5. The summed E-state index contributed by atoms with van der Waals surface area (Å²) in [6, 6.07) is 11.9. The molecule has 122 valence electrons. The van der Waals surface area contributed by atoms with E-state index in [2.05, 4.69) is 15.5 Å². The number of nitrogens with zero attached hydrogens (tertiary/aromatic N) is 1. The third-order valence-corrected chi connectivity index (χ3v) is 4.48. The van der Waals surface area contributed by atoms with Crippen LogP contribution in [0.3, 0.4) is 0 Å². The fourth-order valence-corrected chi connectivity index (χ4v) is 2.65. The van der Waals surface area contributed by atoms with Gasteiger partial charge in [0.25, 0.3) is 5.91 Å². The quantitative estimate of drug-likeness (QED) is 0.621. The van der Waals surface area contributed by atoms with Gasteiger partial charge in [0.05, 0.1) is 21.4 Å². The predicted octanol–water partition coefficient (Wildman–Crippen LogP) is 5.60. The van der Waals surface area contributed by atoms with Crippen LogP contribution in [-0.4, -0.2) is 16.1 Å². The molecule has 0 radical (unpaired) electrons. The van der Waals surface area contributed by atoms with Crippen molar-refractivity contribution in [2.45, 2.75) is 6.92 Å². The molecule has 0 saturated carbocycles. The molecule has 0 spiro atoms. The van der Waals surface area contributed by atoms with Crippen LogP contribution in [0, 0.1) is 6.92 Å². The molecule has 0 unspecified atom stereocenters. The van der Waals surface area contributed by atoms with E-state index < -0.39 is 0 Å². The van der Waals surface area contributed by atoms with Crippen LogP contribution in [0.2, 0.25) is 15.1 Å². The number of nitrogens with one attached hydrogen (secondary N) is 2. The van der Waals surface area contributed by atoms with Crippen LogP contribution < -0.4 is 5.32 Å². The number of carbonyl (C=O) groups is 1. The van der Waals surface area contributed by atoms with E-state index in [1.54, 1.807) is 24.3 Å². The summed E-state index contributed by atoms with van der Waals surface area (Å²) < 4.78 is 0. The Labute approximate surface area is 153 Å². The van der Waals surface area contributed by atoms with Gasteiger partial charge in [-0.3, -0.25) is 9.89 Å².